The average molecular weight is 396 g/mol. The van der Waals surface area contributed by atoms with E-state index < -0.39 is 0 Å². The minimum absolute atomic E-state index is 0.0424. The Bertz CT molecular complexity index is 762. The Morgan fingerprint density at radius 1 is 1.22 bits per heavy atom. The molecule has 2 amide bonds. The Balaban J connectivity index is 1.63. The highest BCUT2D eigenvalue weighted by Crippen LogP contribution is 2.52. The largest absolute Gasteiger partial charge is 0.506 e. The molecule has 23 heavy (non-hydrogen) atoms. The minimum Gasteiger partial charge on any atom is -0.506 e. The first kappa shape index (κ1) is 14.9. The standard InChI is InChI=1S/C16H12BrClN2O3/c17-11-5-10(18)4-9(14(11)21)6-19-20-15(22)12-7-1-2-8(3-7)13(12)16(20)23/h1-2,4-8,12-13,21H,3H2/t7-,8-,12-,13+/m0/s1. The summed E-state index contributed by atoms with van der Waals surface area (Å²) in [6, 6.07) is 3.07. The second-order valence-corrected chi connectivity index (χ2v) is 7.35. The molecule has 2 fully saturated rings. The van der Waals surface area contributed by atoms with Crippen molar-refractivity contribution in [1.82, 2.24) is 5.01 Å². The van der Waals surface area contributed by atoms with Gasteiger partial charge < -0.3 is 5.11 Å². The van der Waals surface area contributed by atoms with Crippen LogP contribution < -0.4 is 0 Å². The minimum atomic E-state index is -0.283. The number of hydrogen-bond donors (Lipinski definition) is 1. The van der Waals surface area contributed by atoms with E-state index >= 15 is 0 Å². The van der Waals surface area contributed by atoms with Gasteiger partial charge in [-0.2, -0.15) is 10.1 Å². The van der Waals surface area contributed by atoms with Crippen molar-refractivity contribution in [2.24, 2.45) is 28.8 Å². The summed E-state index contributed by atoms with van der Waals surface area (Å²) in [6.07, 6.45) is 6.23. The Morgan fingerprint density at radius 3 is 2.43 bits per heavy atom. The highest BCUT2D eigenvalue weighted by molar-refractivity contribution is 9.10. The van der Waals surface area contributed by atoms with Crippen molar-refractivity contribution in [2.75, 3.05) is 0 Å². The Hall–Kier alpha value is -1.66. The van der Waals surface area contributed by atoms with E-state index in [1.54, 1.807) is 6.07 Å². The maximum atomic E-state index is 12.5. The van der Waals surface area contributed by atoms with Crippen LogP contribution in [-0.4, -0.2) is 28.1 Å². The zero-order valence-corrected chi connectivity index (χ0v) is 14.2. The third-order valence-corrected chi connectivity index (χ3v) is 5.64. The number of allylic oxidation sites excluding steroid dienone is 2. The molecule has 2 aliphatic carbocycles. The van der Waals surface area contributed by atoms with E-state index in [1.807, 2.05) is 12.2 Å². The second kappa shape index (κ2) is 5.18. The van der Waals surface area contributed by atoms with Crippen molar-refractivity contribution in [1.29, 1.82) is 0 Å². The lowest BCUT2D eigenvalue weighted by Gasteiger charge is -2.13. The summed E-state index contributed by atoms with van der Waals surface area (Å²) in [5, 5.41) is 15.4. The summed E-state index contributed by atoms with van der Waals surface area (Å²) in [5.74, 6) is -0.823. The molecule has 1 heterocycles. The maximum absolute atomic E-state index is 12.5. The number of carbonyl (C=O) groups excluding carboxylic acids is 2. The lowest BCUT2D eigenvalue weighted by Crippen LogP contribution is -2.28. The molecule has 7 heteroatoms. The van der Waals surface area contributed by atoms with Crippen LogP contribution in [0.5, 0.6) is 5.75 Å². The number of imide groups is 1. The Labute approximate surface area is 145 Å². The molecule has 1 aliphatic heterocycles. The van der Waals surface area contributed by atoms with Gasteiger partial charge in [-0.3, -0.25) is 9.59 Å². The number of phenols is 1. The van der Waals surface area contributed by atoms with Gasteiger partial charge in [-0.1, -0.05) is 23.8 Å². The predicted octanol–water partition coefficient (Wildman–Crippen LogP) is 2.95. The molecule has 0 aromatic heterocycles. The van der Waals surface area contributed by atoms with Gasteiger partial charge in [-0.05, 0) is 46.3 Å². The number of benzene rings is 1. The summed E-state index contributed by atoms with van der Waals surface area (Å²) in [4.78, 5) is 25.0. The molecule has 1 aromatic rings. The SMILES string of the molecule is O=C1[C@@H]2[C@H](C(=O)N1N=Cc1cc(Cl)cc(Br)c1O)[C@H]1C=C[C@H]2C1. The highest BCUT2D eigenvalue weighted by Gasteiger charge is 2.59. The van der Waals surface area contributed by atoms with Crippen LogP contribution in [0.1, 0.15) is 12.0 Å². The molecular weight excluding hydrogens is 384 g/mol. The van der Waals surface area contributed by atoms with Crippen LogP contribution in [0.25, 0.3) is 0 Å². The van der Waals surface area contributed by atoms with Crippen molar-refractivity contribution >= 4 is 45.6 Å². The fourth-order valence-electron chi connectivity index (χ4n) is 3.80. The normalized spacial score (nSPS) is 31.7. The van der Waals surface area contributed by atoms with Crippen LogP contribution in [0.15, 0.2) is 33.9 Å². The highest BCUT2D eigenvalue weighted by atomic mass is 79.9. The van der Waals surface area contributed by atoms with Crippen LogP contribution in [0.2, 0.25) is 5.02 Å². The Kier molecular flexibility index (Phi) is 3.35. The molecule has 1 N–H and O–H groups in total. The lowest BCUT2D eigenvalue weighted by molar-refractivity contribution is -0.140. The van der Waals surface area contributed by atoms with Gasteiger partial charge in [0, 0.05) is 10.6 Å². The molecule has 118 valence electrons. The average Bonchev–Trinajstić information content (AvgIpc) is 3.17. The van der Waals surface area contributed by atoms with Gasteiger partial charge in [0.15, 0.2) is 0 Å². The van der Waals surface area contributed by atoms with Crippen molar-refractivity contribution in [2.45, 2.75) is 6.42 Å². The molecule has 4 rings (SSSR count). The number of fused-ring (bicyclic) bond motifs is 5. The third-order valence-electron chi connectivity index (χ3n) is 4.82. The van der Waals surface area contributed by atoms with Gasteiger partial charge in [0.1, 0.15) is 5.75 Å². The molecule has 5 nitrogen and oxygen atoms in total. The van der Waals surface area contributed by atoms with Gasteiger partial charge >= 0.3 is 0 Å². The third kappa shape index (κ3) is 2.16. The molecule has 1 saturated carbocycles. The molecule has 0 spiro atoms. The fourth-order valence-corrected chi connectivity index (χ4v) is 4.64. The molecule has 1 saturated heterocycles. The maximum Gasteiger partial charge on any atom is 0.254 e. The summed E-state index contributed by atoms with van der Waals surface area (Å²) < 4.78 is 0.421. The molecule has 0 unspecified atom stereocenters. The number of phenolic OH excluding ortho intramolecular Hbond substituents is 1. The van der Waals surface area contributed by atoms with E-state index in [0.717, 1.165) is 11.4 Å². The number of nitrogens with zero attached hydrogens (tertiary/aromatic N) is 2. The molecular formula is C16H12BrClN2O3. The lowest BCUT2D eigenvalue weighted by atomic mass is 9.85. The zero-order valence-electron chi connectivity index (χ0n) is 11.8. The van der Waals surface area contributed by atoms with Gasteiger partial charge in [-0.25, -0.2) is 0 Å². The van der Waals surface area contributed by atoms with E-state index in [4.69, 9.17) is 11.6 Å². The number of hydrazone groups is 1. The van der Waals surface area contributed by atoms with Gasteiger partial charge in [0.05, 0.1) is 22.5 Å². The summed E-state index contributed by atoms with van der Waals surface area (Å²) >= 11 is 9.13. The van der Waals surface area contributed by atoms with E-state index in [2.05, 4.69) is 21.0 Å². The number of aromatic hydroxyl groups is 1. The fraction of sp³-hybridized carbons (Fsp3) is 0.312. The van der Waals surface area contributed by atoms with Crippen LogP contribution in [0.4, 0.5) is 0 Å². The Morgan fingerprint density at radius 2 is 1.83 bits per heavy atom. The summed E-state index contributed by atoms with van der Waals surface area (Å²) in [7, 11) is 0. The van der Waals surface area contributed by atoms with Gasteiger partial charge in [0.2, 0.25) is 0 Å². The van der Waals surface area contributed by atoms with Crippen LogP contribution in [-0.2, 0) is 9.59 Å². The first-order valence-corrected chi connectivity index (χ1v) is 8.42. The first-order valence-electron chi connectivity index (χ1n) is 7.25. The van der Waals surface area contributed by atoms with Crippen molar-refractivity contribution < 1.29 is 14.7 Å². The van der Waals surface area contributed by atoms with Crippen LogP contribution >= 0.6 is 27.5 Å². The first-order chi connectivity index (χ1) is 11.0. The number of rotatable bonds is 2. The van der Waals surface area contributed by atoms with Gasteiger partial charge in [0.25, 0.3) is 11.8 Å². The second-order valence-electron chi connectivity index (χ2n) is 6.06. The van der Waals surface area contributed by atoms with E-state index in [0.29, 0.717) is 15.1 Å². The van der Waals surface area contributed by atoms with E-state index in [-0.39, 0.29) is 41.2 Å². The molecule has 0 radical (unpaired) electrons. The molecule has 2 bridgehead atoms. The summed E-state index contributed by atoms with van der Waals surface area (Å²) in [5.41, 5.74) is 0.336. The smallest absolute Gasteiger partial charge is 0.254 e. The van der Waals surface area contributed by atoms with E-state index in [1.165, 1.54) is 12.3 Å². The van der Waals surface area contributed by atoms with Gasteiger partial charge in [-0.15, -0.1) is 0 Å². The van der Waals surface area contributed by atoms with Crippen molar-refractivity contribution in [3.05, 3.63) is 39.3 Å². The quantitative estimate of drug-likeness (QED) is 0.475. The zero-order chi connectivity index (χ0) is 16.3. The molecule has 4 atom stereocenters. The van der Waals surface area contributed by atoms with Crippen LogP contribution in [0, 0.1) is 23.7 Å². The summed E-state index contributed by atoms with van der Waals surface area (Å²) in [6.45, 7) is 0. The van der Waals surface area contributed by atoms with E-state index in [9.17, 15) is 14.7 Å². The molecule has 1 aromatic carbocycles. The number of carbonyl (C=O) groups is 2. The number of hydrogen-bond acceptors (Lipinski definition) is 4. The molecule has 3 aliphatic rings. The number of amides is 2. The topological polar surface area (TPSA) is 70.0 Å². The van der Waals surface area contributed by atoms with Crippen molar-refractivity contribution in [3.63, 3.8) is 0 Å². The number of halogens is 2. The van der Waals surface area contributed by atoms with Crippen LogP contribution in [0.3, 0.4) is 0 Å². The monoisotopic (exact) mass is 394 g/mol. The van der Waals surface area contributed by atoms with Crippen molar-refractivity contribution in [3.8, 4) is 5.75 Å². The predicted molar refractivity (Wildman–Crippen MR) is 88.0 cm³/mol.